The summed E-state index contributed by atoms with van der Waals surface area (Å²) in [6, 6.07) is 10.1. The molecule has 9 heteroatoms. The summed E-state index contributed by atoms with van der Waals surface area (Å²) < 4.78 is 16.6. The lowest BCUT2D eigenvalue weighted by atomic mass is 10.0. The summed E-state index contributed by atoms with van der Waals surface area (Å²) in [6.07, 6.45) is 4.74. The van der Waals surface area contributed by atoms with E-state index < -0.39 is 0 Å². The van der Waals surface area contributed by atoms with Crippen molar-refractivity contribution < 1.29 is 14.3 Å². The normalized spacial score (nSPS) is 21.9. The Hall–Kier alpha value is -2.68. The van der Waals surface area contributed by atoms with Crippen molar-refractivity contribution in [2.24, 2.45) is 0 Å². The highest BCUT2D eigenvalue weighted by Gasteiger charge is 2.34. The van der Waals surface area contributed by atoms with E-state index in [0.29, 0.717) is 30.2 Å². The van der Waals surface area contributed by atoms with E-state index in [9.17, 15) is 14.3 Å². The van der Waals surface area contributed by atoms with Gasteiger partial charge in [0, 0.05) is 35.9 Å². The van der Waals surface area contributed by atoms with Crippen LogP contribution in [0.5, 0.6) is 0 Å². The number of carbonyl (C=O) groups excluding carboxylic acids is 1. The number of benzene rings is 2. The summed E-state index contributed by atoms with van der Waals surface area (Å²) in [5.41, 5.74) is 3.26. The molecule has 5 rings (SSSR count). The van der Waals surface area contributed by atoms with Gasteiger partial charge in [-0.2, -0.15) is 0 Å². The molecule has 35 heavy (non-hydrogen) atoms. The van der Waals surface area contributed by atoms with E-state index in [1.165, 1.54) is 6.07 Å². The second kappa shape index (κ2) is 10.1. The van der Waals surface area contributed by atoms with Crippen LogP contribution in [0.25, 0.3) is 11.0 Å². The SMILES string of the molecule is CC(c1ccc(Cl)cc1F)n1cnc2ccc(N3CCN(C(=O)C4CCCCN4)C(CO)C3)cc21. The van der Waals surface area contributed by atoms with Crippen LogP contribution in [0.1, 0.15) is 37.8 Å². The van der Waals surface area contributed by atoms with Gasteiger partial charge in [0.25, 0.3) is 0 Å². The molecule has 0 bridgehead atoms. The van der Waals surface area contributed by atoms with Gasteiger partial charge in [-0.3, -0.25) is 4.79 Å². The van der Waals surface area contributed by atoms with E-state index >= 15 is 0 Å². The quantitative estimate of drug-likeness (QED) is 0.561. The standard InChI is InChI=1S/C26H31ClFN5O2/c1-17(21-7-5-18(27)12-22(21)28)33-16-30-23-8-6-19(13-25(23)33)31-10-11-32(20(14-31)15-34)26(35)24-4-2-3-9-29-24/h5-8,12-13,16-17,20,24,29,34H,2-4,9-11,14-15H2,1H3. The number of imidazole rings is 1. The molecule has 2 aliphatic rings. The molecule has 2 N–H and O–H groups in total. The first-order valence-electron chi connectivity index (χ1n) is 12.3. The first-order valence-corrected chi connectivity index (χ1v) is 12.6. The lowest BCUT2D eigenvalue weighted by Gasteiger charge is -2.43. The highest BCUT2D eigenvalue weighted by atomic mass is 35.5. The third-order valence-electron chi connectivity index (χ3n) is 7.34. The Morgan fingerprint density at radius 3 is 2.86 bits per heavy atom. The molecule has 0 radical (unpaired) electrons. The summed E-state index contributed by atoms with van der Waals surface area (Å²) in [5.74, 6) is -0.252. The van der Waals surface area contributed by atoms with Crippen LogP contribution >= 0.6 is 11.6 Å². The molecule has 0 aliphatic carbocycles. The van der Waals surface area contributed by atoms with E-state index in [4.69, 9.17) is 11.6 Å². The number of nitrogens with one attached hydrogen (secondary N) is 1. The van der Waals surface area contributed by atoms with Crippen LogP contribution in [0.15, 0.2) is 42.7 Å². The van der Waals surface area contributed by atoms with Crippen LogP contribution in [0.4, 0.5) is 10.1 Å². The Labute approximate surface area is 209 Å². The Morgan fingerprint density at radius 1 is 1.26 bits per heavy atom. The first-order chi connectivity index (χ1) is 17.0. The average molecular weight is 500 g/mol. The van der Waals surface area contributed by atoms with Crippen molar-refractivity contribution in [3.05, 3.63) is 59.1 Å². The van der Waals surface area contributed by atoms with Crippen LogP contribution in [0.2, 0.25) is 5.02 Å². The van der Waals surface area contributed by atoms with Gasteiger partial charge in [-0.15, -0.1) is 0 Å². The lowest BCUT2D eigenvalue weighted by molar-refractivity contribution is -0.137. The smallest absolute Gasteiger partial charge is 0.240 e. The minimum atomic E-state index is -0.345. The predicted octanol–water partition coefficient (Wildman–Crippen LogP) is 3.59. The van der Waals surface area contributed by atoms with Gasteiger partial charge >= 0.3 is 0 Å². The van der Waals surface area contributed by atoms with Crippen LogP contribution in [0, 0.1) is 5.82 Å². The minimum Gasteiger partial charge on any atom is -0.394 e. The Kier molecular flexibility index (Phi) is 6.95. The molecule has 3 unspecified atom stereocenters. The number of piperidine rings is 1. The second-order valence-electron chi connectivity index (χ2n) is 9.48. The number of fused-ring (bicyclic) bond motifs is 1. The van der Waals surface area contributed by atoms with Crippen LogP contribution < -0.4 is 10.2 Å². The molecule has 1 amide bonds. The maximum absolute atomic E-state index is 14.6. The van der Waals surface area contributed by atoms with Gasteiger partial charge in [0.2, 0.25) is 5.91 Å². The number of carbonyl (C=O) groups is 1. The van der Waals surface area contributed by atoms with Gasteiger partial charge in [-0.1, -0.05) is 24.1 Å². The molecular weight excluding hydrogens is 469 g/mol. The number of anilines is 1. The number of aliphatic hydroxyl groups is 1. The fraction of sp³-hybridized carbons (Fsp3) is 0.462. The summed E-state index contributed by atoms with van der Waals surface area (Å²) in [7, 11) is 0. The minimum absolute atomic E-state index is 0.0813. The Balaban J connectivity index is 1.37. The third-order valence-corrected chi connectivity index (χ3v) is 7.57. The van der Waals surface area contributed by atoms with E-state index in [0.717, 1.165) is 42.5 Å². The molecule has 186 valence electrons. The Morgan fingerprint density at radius 2 is 2.11 bits per heavy atom. The fourth-order valence-corrected chi connectivity index (χ4v) is 5.47. The molecule has 2 aliphatic heterocycles. The second-order valence-corrected chi connectivity index (χ2v) is 9.92. The van der Waals surface area contributed by atoms with Crippen molar-refractivity contribution in [3.63, 3.8) is 0 Å². The molecule has 2 aromatic carbocycles. The van der Waals surface area contributed by atoms with Gasteiger partial charge in [0.15, 0.2) is 0 Å². The summed E-state index contributed by atoms with van der Waals surface area (Å²) >= 11 is 5.94. The number of piperazine rings is 1. The Bertz CT molecular complexity index is 1210. The molecule has 1 aromatic heterocycles. The highest BCUT2D eigenvalue weighted by Crippen LogP contribution is 2.30. The largest absolute Gasteiger partial charge is 0.394 e. The van der Waals surface area contributed by atoms with Gasteiger partial charge in [0.1, 0.15) is 5.82 Å². The van der Waals surface area contributed by atoms with E-state index in [-0.39, 0.29) is 36.5 Å². The molecule has 2 saturated heterocycles. The molecule has 2 fully saturated rings. The van der Waals surface area contributed by atoms with Crippen molar-refractivity contribution in [3.8, 4) is 0 Å². The summed E-state index contributed by atoms with van der Waals surface area (Å²) in [4.78, 5) is 21.6. The lowest BCUT2D eigenvalue weighted by Crippen LogP contribution is -2.60. The zero-order valence-corrected chi connectivity index (χ0v) is 20.6. The number of hydrogen-bond donors (Lipinski definition) is 2. The van der Waals surface area contributed by atoms with Crippen molar-refractivity contribution in [1.82, 2.24) is 19.8 Å². The molecule has 0 saturated carbocycles. The van der Waals surface area contributed by atoms with E-state index in [2.05, 4.69) is 21.3 Å². The molecular formula is C26H31ClFN5O2. The zero-order valence-electron chi connectivity index (χ0n) is 19.8. The number of rotatable bonds is 5. The fourth-order valence-electron chi connectivity index (χ4n) is 5.31. The molecule has 3 heterocycles. The summed E-state index contributed by atoms with van der Waals surface area (Å²) in [5, 5.41) is 13.8. The third kappa shape index (κ3) is 4.75. The number of hydrogen-bond acceptors (Lipinski definition) is 5. The van der Waals surface area contributed by atoms with Crippen LogP contribution in [-0.4, -0.2) is 70.3 Å². The monoisotopic (exact) mass is 499 g/mol. The number of aliphatic hydroxyl groups excluding tert-OH is 1. The van der Waals surface area contributed by atoms with Crippen LogP contribution in [-0.2, 0) is 4.79 Å². The van der Waals surface area contributed by atoms with Gasteiger partial charge in [0.05, 0.1) is 42.1 Å². The maximum Gasteiger partial charge on any atom is 0.240 e. The van der Waals surface area contributed by atoms with Gasteiger partial charge < -0.3 is 24.8 Å². The van der Waals surface area contributed by atoms with E-state index in [1.807, 2.05) is 28.5 Å². The van der Waals surface area contributed by atoms with Gasteiger partial charge in [-0.05, 0) is 56.6 Å². The molecule has 7 nitrogen and oxygen atoms in total. The number of halogens is 2. The van der Waals surface area contributed by atoms with Crippen LogP contribution in [0.3, 0.4) is 0 Å². The van der Waals surface area contributed by atoms with Crippen molar-refractivity contribution >= 4 is 34.2 Å². The summed E-state index contributed by atoms with van der Waals surface area (Å²) in [6.45, 7) is 4.51. The average Bonchev–Trinajstić information content (AvgIpc) is 3.31. The van der Waals surface area contributed by atoms with Gasteiger partial charge in [-0.25, -0.2) is 9.37 Å². The highest BCUT2D eigenvalue weighted by molar-refractivity contribution is 6.30. The van der Waals surface area contributed by atoms with Crippen molar-refractivity contribution in [2.45, 2.75) is 44.3 Å². The number of nitrogens with zero attached hydrogens (tertiary/aromatic N) is 4. The maximum atomic E-state index is 14.6. The predicted molar refractivity (Wildman–Crippen MR) is 135 cm³/mol. The van der Waals surface area contributed by atoms with Crippen molar-refractivity contribution in [2.75, 3.05) is 37.7 Å². The number of aromatic nitrogens is 2. The molecule has 0 spiro atoms. The topological polar surface area (TPSA) is 73.6 Å². The molecule has 3 aromatic rings. The zero-order chi connectivity index (χ0) is 24.5. The van der Waals surface area contributed by atoms with E-state index in [1.54, 1.807) is 18.5 Å². The molecule has 3 atom stereocenters. The number of amides is 1. The van der Waals surface area contributed by atoms with Crippen molar-refractivity contribution in [1.29, 1.82) is 0 Å². The first kappa shape index (κ1) is 24.0.